The maximum absolute atomic E-state index is 11.5. The Morgan fingerprint density at radius 1 is 1.24 bits per heavy atom. The van der Waals surface area contributed by atoms with Crippen LogP contribution in [0, 0.1) is 13.8 Å². The molecule has 1 aromatic carbocycles. The van der Waals surface area contributed by atoms with E-state index in [1.807, 2.05) is 49.8 Å². The van der Waals surface area contributed by atoms with Crippen LogP contribution in [0.25, 0.3) is 0 Å². The molecule has 0 radical (unpaired) electrons. The number of aromatic nitrogens is 2. The van der Waals surface area contributed by atoms with E-state index in [2.05, 4.69) is 16.9 Å². The molecule has 0 fully saturated rings. The summed E-state index contributed by atoms with van der Waals surface area (Å²) >= 11 is 5.94. The lowest BCUT2D eigenvalue weighted by atomic mass is 10.1. The molecule has 1 atom stereocenters. The summed E-state index contributed by atoms with van der Waals surface area (Å²) in [4.78, 5) is 2.06. The molecular weight excluding hydrogens is 358 g/mol. The van der Waals surface area contributed by atoms with Crippen LogP contribution in [0.3, 0.4) is 0 Å². The Morgan fingerprint density at radius 2 is 1.84 bits per heavy atom. The highest BCUT2D eigenvalue weighted by Gasteiger charge is 2.19. The number of sulfone groups is 1. The summed E-state index contributed by atoms with van der Waals surface area (Å²) in [5.41, 5.74) is 4.37. The van der Waals surface area contributed by atoms with Gasteiger partial charge in [-0.2, -0.15) is 5.10 Å². The predicted octanol–water partition coefficient (Wildman–Crippen LogP) is 3.07. The summed E-state index contributed by atoms with van der Waals surface area (Å²) in [5, 5.41) is 5.38. The fourth-order valence-corrected chi connectivity index (χ4v) is 4.11. The molecule has 0 N–H and O–H groups in total. The van der Waals surface area contributed by atoms with Gasteiger partial charge in [0.05, 0.1) is 18.0 Å². The third kappa shape index (κ3) is 5.56. The van der Waals surface area contributed by atoms with Gasteiger partial charge in [0.15, 0.2) is 0 Å². The van der Waals surface area contributed by atoms with Gasteiger partial charge in [-0.25, -0.2) is 8.42 Å². The summed E-state index contributed by atoms with van der Waals surface area (Å²) in [6.45, 7) is 7.35. The average Bonchev–Trinajstić information content (AvgIpc) is 2.75. The Labute approximate surface area is 155 Å². The minimum absolute atomic E-state index is 0.0478. The highest BCUT2D eigenvalue weighted by atomic mass is 35.5. The van der Waals surface area contributed by atoms with Crippen molar-refractivity contribution in [3.05, 3.63) is 51.8 Å². The van der Waals surface area contributed by atoms with Gasteiger partial charge in [0.1, 0.15) is 9.84 Å². The second-order valence-corrected chi connectivity index (χ2v) is 9.41. The van der Waals surface area contributed by atoms with Crippen molar-refractivity contribution in [2.24, 2.45) is 0 Å². The molecule has 0 saturated carbocycles. The number of aryl methyl sites for hydroxylation is 1. The van der Waals surface area contributed by atoms with Crippen molar-refractivity contribution in [2.45, 2.75) is 39.9 Å². The third-order valence-electron chi connectivity index (χ3n) is 4.48. The lowest BCUT2D eigenvalue weighted by Gasteiger charge is -2.24. The fourth-order valence-electron chi connectivity index (χ4n) is 2.85. The summed E-state index contributed by atoms with van der Waals surface area (Å²) in [6, 6.07) is 7.71. The number of nitrogens with zero attached hydrogens (tertiary/aromatic N) is 3. The van der Waals surface area contributed by atoms with Crippen LogP contribution in [0.5, 0.6) is 0 Å². The first-order chi connectivity index (χ1) is 11.6. The zero-order valence-corrected chi connectivity index (χ0v) is 17.0. The minimum atomic E-state index is -2.99. The lowest BCUT2D eigenvalue weighted by molar-refractivity contribution is 0.266. The summed E-state index contributed by atoms with van der Waals surface area (Å²) in [6.07, 6.45) is 1.28. The first-order valence-electron chi connectivity index (χ1n) is 8.22. The van der Waals surface area contributed by atoms with Crippen LogP contribution in [-0.2, 0) is 22.9 Å². The van der Waals surface area contributed by atoms with E-state index >= 15 is 0 Å². The van der Waals surface area contributed by atoms with Crippen LogP contribution >= 0.6 is 11.6 Å². The molecular formula is C18H26ClN3O2S. The van der Waals surface area contributed by atoms with Crippen molar-refractivity contribution < 1.29 is 8.42 Å². The Balaban J connectivity index is 2.14. The zero-order valence-electron chi connectivity index (χ0n) is 15.5. The van der Waals surface area contributed by atoms with Gasteiger partial charge in [0.25, 0.3) is 0 Å². The molecule has 0 bridgehead atoms. The average molecular weight is 384 g/mol. The van der Waals surface area contributed by atoms with E-state index in [-0.39, 0.29) is 11.8 Å². The van der Waals surface area contributed by atoms with Crippen LogP contribution in [0.1, 0.15) is 29.4 Å². The third-order valence-corrected chi connectivity index (χ3v) is 5.82. The Bertz CT molecular complexity index is 829. The maximum atomic E-state index is 11.5. The smallest absolute Gasteiger partial charge is 0.148 e. The molecule has 2 rings (SSSR count). The van der Waals surface area contributed by atoms with Crippen molar-refractivity contribution in [1.82, 2.24) is 14.7 Å². The second-order valence-electron chi connectivity index (χ2n) is 6.79. The molecule has 2 aromatic rings. The van der Waals surface area contributed by atoms with Crippen molar-refractivity contribution in [1.29, 1.82) is 0 Å². The molecule has 0 saturated heterocycles. The van der Waals surface area contributed by atoms with E-state index in [0.29, 0.717) is 13.1 Å². The fraction of sp³-hybridized carbons (Fsp3) is 0.500. The molecule has 7 heteroatoms. The molecule has 0 aliphatic rings. The predicted molar refractivity (Wildman–Crippen MR) is 103 cm³/mol. The molecule has 1 aromatic heterocycles. The lowest BCUT2D eigenvalue weighted by Crippen LogP contribution is -2.34. The van der Waals surface area contributed by atoms with Gasteiger partial charge >= 0.3 is 0 Å². The van der Waals surface area contributed by atoms with Crippen molar-refractivity contribution in [2.75, 3.05) is 19.1 Å². The van der Waals surface area contributed by atoms with Gasteiger partial charge < -0.3 is 0 Å². The van der Waals surface area contributed by atoms with Crippen LogP contribution < -0.4 is 0 Å². The number of hydrogen-bond donors (Lipinski definition) is 0. The zero-order chi connectivity index (χ0) is 18.8. The van der Waals surface area contributed by atoms with E-state index in [0.717, 1.165) is 27.5 Å². The number of halogens is 1. The first-order valence-corrected chi connectivity index (χ1v) is 10.7. The van der Waals surface area contributed by atoms with Crippen LogP contribution in [0.4, 0.5) is 0 Å². The van der Waals surface area contributed by atoms with E-state index in [4.69, 9.17) is 11.6 Å². The molecule has 0 amide bonds. The van der Waals surface area contributed by atoms with Gasteiger partial charge in [-0.3, -0.25) is 9.58 Å². The standard InChI is InChI=1S/C18H26ClN3O2S/c1-13(12-25(5,23)24)21(4)11-18-14(2)20-22(15(18)3)10-16-6-8-17(19)9-7-16/h6-9,13H,10-12H2,1-5H3/t13-/m0/s1. The molecule has 0 aliphatic heterocycles. The molecule has 138 valence electrons. The normalized spacial score (nSPS) is 13.4. The maximum Gasteiger partial charge on any atom is 0.148 e. The number of rotatable bonds is 7. The van der Waals surface area contributed by atoms with Crippen LogP contribution in [0.2, 0.25) is 5.02 Å². The van der Waals surface area contributed by atoms with Gasteiger partial charge in [0.2, 0.25) is 0 Å². The Hall–Kier alpha value is -1.37. The highest BCUT2D eigenvalue weighted by molar-refractivity contribution is 7.90. The van der Waals surface area contributed by atoms with Gasteiger partial charge in [-0.15, -0.1) is 0 Å². The largest absolute Gasteiger partial charge is 0.298 e. The van der Waals surface area contributed by atoms with E-state index < -0.39 is 9.84 Å². The quantitative estimate of drug-likeness (QED) is 0.737. The summed E-state index contributed by atoms with van der Waals surface area (Å²) < 4.78 is 25.0. The Kier molecular flexibility index (Phi) is 6.30. The first kappa shape index (κ1) is 19.9. The molecule has 0 unspecified atom stereocenters. The van der Waals surface area contributed by atoms with Crippen molar-refractivity contribution in [3.8, 4) is 0 Å². The SMILES string of the molecule is Cc1nn(Cc2ccc(Cl)cc2)c(C)c1CN(C)[C@@H](C)CS(C)(=O)=O. The van der Waals surface area contributed by atoms with Gasteiger partial charge in [0, 0.05) is 35.1 Å². The topological polar surface area (TPSA) is 55.2 Å². The Morgan fingerprint density at radius 3 is 2.40 bits per heavy atom. The van der Waals surface area contributed by atoms with E-state index in [1.54, 1.807) is 0 Å². The second kappa shape index (κ2) is 7.89. The van der Waals surface area contributed by atoms with Gasteiger partial charge in [-0.1, -0.05) is 23.7 Å². The molecule has 5 nitrogen and oxygen atoms in total. The van der Waals surface area contributed by atoms with Crippen molar-refractivity contribution >= 4 is 21.4 Å². The highest BCUT2D eigenvalue weighted by Crippen LogP contribution is 2.18. The number of benzene rings is 1. The van der Waals surface area contributed by atoms with E-state index in [9.17, 15) is 8.42 Å². The van der Waals surface area contributed by atoms with Crippen LogP contribution in [0.15, 0.2) is 24.3 Å². The minimum Gasteiger partial charge on any atom is -0.298 e. The summed E-state index contributed by atoms with van der Waals surface area (Å²) in [5.74, 6) is 0.153. The molecule has 0 spiro atoms. The monoisotopic (exact) mass is 383 g/mol. The molecule has 0 aliphatic carbocycles. The van der Waals surface area contributed by atoms with Crippen LogP contribution in [-0.4, -0.2) is 48.2 Å². The van der Waals surface area contributed by atoms with Crippen molar-refractivity contribution in [3.63, 3.8) is 0 Å². The molecule has 1 heterocycles. The summed E-state index contributed by atoms with van der Waals surface area (Å²) in [7, 11) is -1.04. The van der Waals surface area contributed by atoms with Gasteiger partial charge in [-0.05, 0) is 45.5 Å². The number of hydrogen-bond acceptors (Lipinski definition) is 4. The van der Waals surface area contributed by atoms with E-state index in [1.165, 1.54) is 6.26 Å². The molecule has 25 heavy (non-hydrogen) atoms.